The minimum atomic E-state index is -0.761. The molecule has 17 heavy (non-hydrogen) atoms. The van der Waals surface area contributed by atoms with Crippen LogP contribution < -0.4 is 4.90 Å². The number of aliphatic carboxylic acids is 1. The monoisotopic (exact) mass is 233 g/mol. The van der Waals surface area contributed by atoms with Crippen LogP contribution in [0.2, 0.25) is 0 Å². The Labute approximate surface area is 102 Å². The van der Waals surface area contributed by atoms with E-state index in [0.717, 1.165) is 30.3 Å². The Bertz CT molecular complexity index is 395. The Morgan fingerprint density at radius 1 is 1.35 bits per heavy atom. The van der Waals surface area contributed by atoms with Gasteiger partial charge < -0.3 is 10.0 Å². The number of benzene rings is 1. The number of carboxylic acid groups (broad SMARTS) is 1. The molecule has 1 fully saturated rings. The summed E-state index contributed by atoms with van der Waals surface area (Å²) >= 11 is 0. The van der Waals surface area contributed by atoms with Gasteiger partial charge in [-0.1, -0.05) is 25.1 Å². The zero-order chi connectivity index (χ0) is 12.3. The van der Waals surface area contributed by atoms with Gasteiger partial charge in [0.25, 0.3) is 0 Å². The highest BCUT2D eigenvalue weighted by Crippen LogP contribution is 2.26. The topological polar surface area (TPSA) is 40.5 Å². The molecule has 1 saturated heterocycles. The Balaban J connectivity index is 2.16. The molecule has 0 saturated carbocycles. The molecule has 1 aliphatic rings. The SMILES string of the molecule is CC1CCN(c2ccccc2CC(=O)O)CC1. The molecule has 0 aromatic heterocycles. The average molecular weight is 233 g/mol. The van der Waals surface area contributed by atoms with Crippen molar-refractivity contribution in [1.82, 2.24) is 0 Å². The zero-order valence-electron chi connectivity index (χ0n) is 10.2. The Kier molecular flexibility index (Phi) is 3.67. The lowest BCUT2D eigenvalue weighted by Gasteiger charge is -2.33. The summed E-state index contributed by atoms with van der Waals surface area (Å²) in [5.74, 6) is 0.0284. The smallest absolute Gasteiger partial charge is 0.307 e. The number of hydrogen-bond acceptors (Lipinski definition) is 2. The van der Waals surface area contributed by atoms with Crippen LogP contribution in [0.15, 0.2) is 24.3 Å². The first-order chi connectivity index (χ1) is 8.16. The van der Waals surface area contributed by atoms with Crippen molar-refractivity contribution in [3.05, 3.63) is 29.8 Å². The summed E-state index contributed by atoms with van der Waals surface area (Å²) in [7, 11) is 0. The summed E-state index contributed by atoms with van der Waals surface area (Å²) in [5.41, 5.74) is 2.02. The highest BCUT2D eigenvalue weighted by atomic mass is 16.4. The summed E-state index contributed by atoms with van der Waals surface area (Å²) < 4.78 is 0. The number of anilines is 1. The number of hydrogen-bond donors (Lipinski definition) is 1. The van der Waals surface area contributed by atoms with E-state index < -0.39 is 5.97 Å². The van der Waals surface area contributed by atoms with Crippen LogP contribution in [-0.2, 0) is 11.2 Å². The fraction of sp³-hybridized carbons (Fsp3) is 0.500. The van der Waals surface area contributed by atoms with Gasteiger partial charge in [0, 0.05) is 18.8 Å². The highest BCUT2D eigenvalue weighted by Gasteiger charge is 2.18. The molecule has 0 spiro atoms. The number of carboxylic acids is 1. The quantitative estimate of drug-likeness (QED) is 0.872. The van der Waals surface area contributed by atoms with E-state index in [9.17, 15) is 4.79 Å². The predicted octanol–water partition coefficient (Wildman–Crippen LogP) is 2.55. The van der Waals surface area contributed by atoms with Gasteiger partial charge in [0.15, 0.2) is 0 Å². The van der Waals surface area contributed by atoms with Crippen molar-refractivity contribution in [2.45, 2.75) is 26.2 Å². The van der Waals surface area contributed by atoms with Crippen LogP contribution in [0.1, 0.15) is 25.3 Å². The van der Waals surface area contributed by atoms with E-state index in [1.165, 1.54) is 12.8 Å². The lowest BCUT2D eigenvalue weighted by Crippen LogP contribution is -2.33. The second kappa shape index (κ2) is 5.21. The second-order valence-corrected chi connectivity index (χ2v) is 4.87. The van der Waals surface area contributed by atoms with E-state index in [4.69, 9.17) is 5.11 Å². The maximum absolute atomic E-state index is 10.8. The van der Waals surface area contributed by atoms with Crippen LogP contribution in [0, 0.1) is 5.92 Å². The lowest BCUT2D eigenvalue weighted by atomic mass is 9.97. The molecular formula is C14H19NO2. The van der Waals surface area contributed by atoms with Gasteiger partial charge in [0.05, 0.1) is 6.42 Å². The van der Waals surface area contributed by atoms with Crippen molar-refractivity contribution in [1.29, 1.82) is 0 Å². The number of rotatable bonds is 3. The van der Waals surface area contributed by atoms with E-state index >= 15 is 0 Å². The molecule has 2 rings (SSSR count). The first-order valence-electron chi connectivity index (χ1n) is 6.21. The second-order valence-electron chi connectivity index (χ2n) is 4.87. The van der Waals surface area contributed by atoms with Crippen molar-refractivity contribution in [3.8, 4) is 0 Å². The van der Waals surface area contributed by atoms with E-state index in [2.05, 4.69) is 11.8 Å². The third-order valence-corrected chi connectivity index (χ3v) is 3.46. The Hall–Kier alpha value is -1.51. The number of para-hydroxylation sites is 1. The summed E-state index contributed by atoms with van der Waals surface area (Å²) in [6.07, 6.45) is 2.50. The molecule has 0 bridgehead atoms. The van der Waals surface area contributed by atoms with Gasteiger partial charge in [-0.15, -0.1) is 0 Å². The maximum Gasteiger partial charge on any atom is 0.307 e. The molecule has 1 heterocycles. The molecule has 1 aromatic carbocycles. The average Bonchev–Trinajstić information content (AvgIpc) is 2.30. The van der Waals surface area contributed by atoms with Crippen LogP contribution in [0.25, 0.3) is 0 Å². The Morgan fingerprint density at radius 2 is 2.00 bits per heavy atom. The van der Waals surface area contributed by atoms with E-state index in [0.29, 0.717) is 0 Å². The molecule has 1 N–H and O–H groups in total. The molecule has 0 atom stereocenters. The van der Waals surface area contributed by atoms with Crippen LogP contribution in [0.3, 0.4) is 0 Å². The number of nitrogens with zero attached hydrogens (tertiary/aromatic N) is 1. The molecule has 3 heteroatoms. The molecule has 3 nitrogen and oxygen atoms in total. The number of carbonyl (C=O) groups is 1. The zero-order valence-corrected chi connectivity index (χ0v) is 10.2. The molecular weight excluding hydrogens is 214 g/mol. The molecule has 0 unspecified atom stereocenters. The van der Waals surface area contributed by atoms with Crippen molar-refractivity contribution in [2.75, 3.05) is 18.0 Å². The predicted molar refractivity (Wildman–Crippen MR) is 68.4 cm³/mol. The van der Waals surface area contributed by atoms with Gasteiger partial charge in [-0.05, 0) is 30.4 Å². The summed E-state index contributed by atoms with van der Waals surface area (Å²) in [6, 6.07) is 7.85. The van der Waals surface area contributed by atoms with Crippen LogP contribution in [0.5, 0.6) is 0 Å². The minimum absolute atomic E-state index is 0.113. The minimum Gasteiger partial charge on any atom is -0.481 e. The highest BCUT2D eigenvalue weighted by molar-refractivity contribution is 5.73. The molecule has 0 radical (unpaired) electrons. The summed E-state index contributed by atoms with van der Waals surface area (Å²) in [6.45, 7) is 4.36. The third kappa shape index (κ3) is 2.99. The summed E-state index contributed by atoms with van der Waals surface area (Å²) in [4.78, 5) is 13.2. The Morgan fingerprint density at radius 3 is 2.65 bits per heavy atom. The normalized spacial score (nSPS) is 17.1. The van der Waals surface area contributed by atoms with Gasteiger partial charge in [-0.2, -0.15) is 0 Å². The first kappa shape index (κ1) is 12.0. The van der Waals surface area contributed by atoms with E-state index in [1.807, 2.05) is 24.3 Å². The maximum atomic E-state index is 10.8. The third-order valence-electron chi connectivity index (χ3n) is 3.46. The van der Waals surface area contributed by atoms with Crippen molar-refractivity contribution >= 4 is 11.7 Å². The van der Waals surface area contributed by atoms with Gasteiger partial charge in [0.2, 0.25) is 0 Å². The van der Waals surface area contributed by atoms with Crippen molar-refractivity contribution in [2.24, 2.45) is 5.92 Å². The molecule has 92 valence electrons. The largest absolute Gasteiger partial charge is 0.481 e. The molecule has 1 aliphatic heterocycles. The fourth-order valence-electron chi connectivity index (χ4n) is 2.38. The van der Waals surface area contributed by atoms with E-state index in [1.54, 1.807) is 0 Å². The van der Waals surface area contributed by atoms with Crippen molar-refractivity contribution in [3.63, 3.8) is 0 Å². The van der Waals surface area contributed by atoms with Crippen molar-refractivity contribution < 1.29 is 9.90 Å². The van der Waals surface area contributed by atoms with Crippen LogP contribution >= 0.6 is 0 Å². The van der Waals surface area contributed by atoms with E-state index in [-0.39, 0.29) is 6.42 Å². The molecule has 0 amide bonds. The van der Waals surface area contributed by atoms with Gasteiger partial charge in [-0.25, -0.2) is 0 Å². The van der Waals surface area contributed by atoms with Gasteiger partial charge >= 0.3 is 5.97 Å². The van der Waals surface area contributed by atoms with Gasteiger partial charge in [0.1, 0.15) is 0 Å². The van der Waals surface area contributed by atoms with Crippen LogP contribution in [0.4, 0.5) is 5.69 Å². The fourth-order valence-corrected chi connectivity index (χ4v) is 2.38. The molecule has 0 aliphatic carbocycles. The first-order valence-corrected chi connectivity index (χ1v) is 6.21. The van der Waals surface area contributed by atoms with Crippen LogP contribution in [-0.4, -0.2) is 24.2 Å². The summed E-state index contributed by atoms with van der Waals surface area (Å²) in [5, 5.41) is 8.91. The number of piperidine rings is 1. The van der Waals surface area contributed by atoms with Gasteiger partial charge in [-0.3, -0.25) is 4.79 Å². The standard InChI is InChI=1S/C14H19NO2/c1-11-6-8-15(9-7-11)13-5-3-2-4-12(13)10-14(16)17/h2-5,11H,6-10H2,1H3,(H,16,17). The lowest BCUT2D eigenvalue weighted by molar-refractivity contribution is -0.136. The molecule has 1 aromatic rings.